The highest BCUT2D eigenvalue weighted by Crippen LogP contribution is 2.18. The smallest absolute Gasteiger partial charge is 0.330 e. The standard InChI is InChI=1S/C12H19NO4/c1-3-5-6-9(4-2)12(16)17-13-10(14)7-8-11(13)15/h9H,3-8H2,1-2H3/i1D3,2D3,3D2,4D2,5D2,6D2,9D. The van der Waals surface area contributed by atoms with E-state index in [4.69, 9.17) is 20.6 Å². The Bertz CT molecular complexity index is 785. The molecule has 5 heteroatoms. The van der Waals surface area contributed by atoms with Gasteiger partial charge >= 0.3 is 5.97 Å². The predicted octanol–water partition coefficient (Wildman–Crippen LogP) is 1.81. The zero-order valence-corrected chi connectivity index (χ0v) is 8.49. The quantitative estimate of drug-likeness (QED) is 0.680. The normalized spacial score (nSPS) is 37.2. The first-order chi connectivity index (χ1) is 13.8. The van der Waals surface area contributed by atoms with Crippen LogP contribution >= 0.6 is 0 Å². The van der Waals surface area contributed by atoms with E-state index in [9.17, 15) is 14.4 Å². The fourth-order valence-corrected chi connectivity index (χ4v) is 1.01. The monoisotopic (exact) mass is 256 g/mol. The van der Waals surface area contributed by atoms with Crippen LogP contribution in [0.2, 0.25) is 0 Å². The Hall–Kier alpha value is -1.39. The molecular formula is C12H19NO4. The first-order valence-corrected chi connectivity index (χ1v) is 4.40. The van der Waals surface area contributed by atoms with Gasteiger partial charge in [0.25, 0.3) is 11.8 Å². The summed E-state index contributed by atoms with van der Waals surface area (Å²) >= 11 is 0. The van der Waals surface area contributed by atoms with E-state index in [1.165, 1.54) is 0 Å². The minimum absolute atomic E-state index is 0.273. The molecule has 96 valence electrons. The van der Waals surface area contributed by atoms with E-state index in [-0.39, 0.29) is 5.06 Å². The summed E-state index contributed by atoms with van der Waals surface area (Å²) in [5.41, 5.74) is 0. The molecule has 0 bridgehead atoms. The second-order valence-corrected chi connectivity index (χ2v) is 2.84. The van der Waals surface area contributed by atoms with Gasteiger partial charge in [0.1, 0.15) is 0 Å². The third-order valence-corrected chi connectivity index (χ3v) is 1.76. The molecule has 1 aliphatic heterocycles. The Morgan fingerprint density at radius 2 is 2.24 bits per heavy atom. The van der Waals surface area contributed by atoms with Crippen LogP contribution in [0.25, 0.3) is 0 Å². The Morgan fingerprint density at radius 3 is 2.82 bits per heavy atom. The average molecular weight is 256 g/mol. The van der Waals surface area contributed by atoms with Gasteiger partial charge in [-0.2, -0.15) is 0 Å². The lowest BCUT2D eigenvalue weighted by molar-refractivity contribution is -0.200. The van der Waals surface area contributed by atoms with Gasteiger partial charge in [0.05, 0.1) is 5.89 Å². The van der Waals surface area contributed by atoms with Crippen LogP contribution in [0, 0.1) is 5.89 Å². The summed E-state index contributed by atoms with van der Waals surface area (Å²) in [6.07, 6.45) is -18.5. The number of rotatable bonds is 6. The fraction of sp³-hybridized carbons (Fsp3) is 0.750. The molecule has 1 atom stereocenters. The van der Waals surface area contributed by atoms with Gasteiger partial charge in [0.2, 0.25) is 0 Å². The van der Waals surface area contributed by atoms with E-state index in [1.54, 1.807) is 0 Å². The summed E-state index contributed by atoms with van der Waals surface area (Å²) in [5, 5.41) is -0.273. The highest BCUT2D eigenvalue weighted by molar-refractivity contribution is 6.01. The van der Waals surface area contributed by atoms with Crippen LogP contribution in [0.5, 0.6) is 0 Å². The van der Waals surface area contributed by atoms with Crippen LogP contribution in [0.4, 0.5) is 0 Å². The van der Waals surface area contributed by atoms with E-state index in [0.717, 1.165) is 0 Å². The van der Waals surface area contributed by atoms with Crippen molar-refractivity contribution in [2.45, 2.75) is 52.0 Å². The van der Waals surface area contributed by atoms with E-state index in [1.807, 2.05) is 0 Å². The number of hydroxylamine groups is 2. The Kier molecular flexibility index (Phi) is 1.33. The van der Waals surface area contributed by atoms with Crippen molar-refractivity contribution in [1.82, 2.24) is 5.06 Å². The van der Waals surface area contributed by atoms with Gasteiger partial charge in [-0.25, -0.2) is 4.79 Å². The summed E-state index contributed by atoms with van der Waals surface area (Å²) in [6, 6.07) is 0. The van der Waals surface area contributed by atoms with Gasteiger partial charge in [0, 0.05) is 33.4 Å². The van der Waals surface area contributed by atoms with Crippen molar-refractivity contribution in [3.63, 3.8) is 0 Å². The fourth-order valence-electron chi connectivity index (χ4n) is 1.01. The molecule has 1 unspecified atom stereocenters. The maximum absolute atomic E-state index is 12.8. The van der Waals surface area contributed by atoms with E-state index < -0.39 is 75.7 Å². The number of carbonyl (C=O) groups excluding carboxylic acids is 3. The van der Waals surface area contributed by atoms with Crippen LogP contribution in [0.15, 0.2) is 0 Å². The minimum Gasteiger partial charge on any atom is -0.330 e. The van der Waals surface area contributed by atoms with Gasteiger partial charge in [-0.1, -0.05) is 26.4 Å². The predicted molar refractivity (Wildman–Crippen MR) is 60.5 cm³/mol. The molecule has 17 heavy (non-hydrogen) atoms. The van der Waals surface area contributed by atoms with Crippen LogP contribution in [0.1, 0.15) is 72.6 Å². The molecule has 0 aromatic carbocycles. The molecule has 0 aromatic rings. The molecule has 1 heterocycles. The summed E-state index contributed by atoms with van der Waals surface area (Å²) in [5.74, 6) is -9.46. The molecule has 1 rings (SSSR count). The Balaban J connectivity index is 3.82. The van der Waals surface area contributed by atoms with Crippen molar-refractivity contribution in [2.24, 2.45) is 5.89 Å². The first kappa shape index (κ1) is 3.56. The van der Waals surface area contributed by atoms with Crippen molar-refractivity contribution >= 4 is 17.8 Å². The summed E-state index contributed by atoms with van der Waals surface area (Å²) in [7, 11) is 0. The summed E-state index contributed by atoms with van der Waals surface area (Å²) in [6.45, 7) is -7.95. The zero-order valence-electron chi connectivity index (χ0n) is 23.5. The summed E-state index contributed by atoms with van der Waals surface area (Å²) < 4.78 is 114. The topological polar surface area (TPSA) is 63.7 Å². The van der Waals surface area contributed by atoms with Gasteiger partial charge in [-0.05, 0) is 12.7 Å². The number of hydrogen-bond donors (Lipinski definition) is 0. The molecule has 0 saturated carbocycles. The Labute approximate surface area is 122 Å². The van der Waals surface area contributed by atoms with Crippen molar-refractivity contribution in [1.29, 1.82) is 0 Å². The number of amides is 2. The van der Waals surface area contributed by atoms with Crippen LogP contribution < -0.4 is 0 Å². The van der Waals surface area contributed by atoms with E-state index in [0.29, 0.717) is 0 Å². The highest BCUT2D eigenvalue weighted by Gasteiger charge is 2.34. The maximum atomic E-state index is 12.8. The molecule has 5 nitrogen and oxygen atoms in total. The molecule has 0 N–H and O–H groups in total. The second kappa shape index (κ2) is 6.37. The Morgan fingerprint density at radius 1 is 1.53 bits per heavy atom. The lowest BCUT2D eigenvalue weighted by atomic mass is 10.00. The van der Waals surface area contributed by atoms with Crippen molar-refractivity contribution in [3.8, 4) is 0 Å². The molecule has 1 fully saturated rings. The third kappa shape index (κ3) is 3.54. The molecule has 0 radical (unpaired) electrons. The third-order valence-electron chi connectivity index (χ3n) is 1.76. The van der Waals surface area contributed by atoms with Crippen LogP contribution in [-0.2, 0) is 19.2 Å². The molecule has 0 aliphatic carbocycles. The minimum atomic E-state index is -4.56. The molecule has 2 amide bonds. The number of carbonyl (C=O) groups is 3. The van der Waals surface area contributed by atoms with Crippen molar-refractivity contribution in [3.05, 3.63) is 0 Å². The molecule has 1 saturated heterocycles. The number of hydrogen-bond acceptors (Lipinski definition) is 4. The van der Waals surface area contributed by atoms with Crippen molar-refractivity contribution < 1.29 is 39.8 Å². The number of nitrogens with zero attached hydrogens (tertiary/aromatic N) is 1. The van der Waals surface area contributed by atoms with Crippen LogP contribution in [-0.4, -0.2) is 22.8 Å². The first-order valence-electron chi connectivity index (χ1n) is 11.9. The van der Waals surface area contributed by atoms with Crippen molar-refractivity contribution in [2.75, 3.05) is 0 Å². The number of imide groups is 1. The largest absolute Gasteiger partial charge is 0.336 e. The lowest BCUT2D eigenvalue weighted by Gasteiger charge is -2.17. The summed E-state index contributed by atoms with van der Waals surface area (Å²) in [4.78, 5) is 40.5. The van der Waals surface area contributed by atoms with Gasteiger partial charge in [-0.15, -0.1) is 5.06 Å². The SMILES string of the molecule is [2H]C([2H])([2H])C([2H])([2H])C([2H])([2H])C([2H])([2H])C([2H])(C(=O)ON1C(=O)CCC1=O)C([2H])([2H])C([2H])([2H])[2H]. The average Bonchev–Trinajstić information content (AvgIpc) is 2.90. The van der Waals surface area contributed by atoms with Crippen LogP contribution in [0.3, 0.4) is 0 Å². The molecule has 0 aromatic heterocycles. The van der Waals surface area contributed by atoms with Gasteiger partial charge < -0.3 is 4.84 Å². The van der Waals surface area contributed by atoms with Gasteiger partial charge in [0.15, 0.2) is 0 Å². The van der Waals surface area contributed by atoms with E-state index >= 15 is 0 Å². The van der Waals surface area contributed by atoms with E-state index in [2.05, 4.69) is 4.84 Å². The molecular weight excluding hydrogens is 222 g/mol. The maximum Gasteiger partial charge on any atom is 0.336 e. The highest BCUT2D eigenvalue weighted by atomic mass is 16.7. The second-order valence-electron chi connectivity index (χ2n) is 2.84. The molecule has 0 spiro atoms. The van der Waals surface area contributed by atoms with Gasteiger partial charge in [-0.3, -0.25) is 9.59 Å². The zero-order chi connectivity index (χ0) is 25.9. The molecule has 1 aliphatic rings. The lowest BCUT2D eigenvalue weighted by Crippen LogP contribution is -2.34.